The summed E-state index contributed by atoms with van der Waals surface area (Å²) in [5.41, 5.74) is -0.0380. The maximum Gasteiger partial charge on any atom is 0.416 e. The summed E-state index contributed by atoms with van der Waals surface area (Å²) in [5, 5.41) is 0. The first-order chi connectivity index (χ1) is 5.45. The molecule has 0 aromatic carbocycles. The predicted molar refractivity (Wildman–Crippen MR) is 47.9 cm³/mol. The van der Waals surface area contributed by atoms with E-state index in [4.69, 9.17) is 4.65 Å². The number of carbonyl (C=O) groups excluding carboxylic acids is 2. The van der Waals surface area contributed by atoms with Crippen LogP contribution in [0, 0.1) is 11.8 Å². The molecular weight excluding hydrogens is 155 g/mol. The Morgan fingerprint density at radius 2 is 1.58 bits per heavy atom. The highest BCUT2D eigenvalue weighted by Gasteiger charge is 2.15. The van der Waals surface area contributed by atoms with Gasteiger partial charge >= 0.3 is 7.48 Å². The SMILES string of the molecule is CC(C)C(=O)BOC(=O)C(C)C. The lowest BCUT2D eigenvalue weighted by atomic mass is 9.85. The van der Waals surface area contributed by atoms with E-state index in [1.54, 1.807) is 27.7 Å². The number of hydrogen-bond acceptors (Lipinski definition) is 3. The minimum atomic E-state index is -0.316. The number of hydrogen-bond donors (Lipinski definition) is 0. The van der Waals surface area contributed by atoms with E-state index in [0.29, 0.717) is 0 Å². The molecule has 0 aliphatic carbocycles. The van der Waals surface area contributed by atoms with Gasteiger partial charge in [0.05, 0.1) is 0 Å². The highest BCUT2D eigenvalue weighted by Crippen LogP contribution is 1.97. The van der Waals surface area contributed by atoms with Crippen LogP contribution in [0.2, 0.25) is 0 Å². The van der Waals surface area contributed by atoms with Crippen LogP contribution < -0.4 is 0 Å². The van der Waals surface area contributed by atoms with Gasteiger partial charge in [0.25, 0.3) is 5.97 Å². The summed E-state index contributed by atoms with van der Waals surface area (Å²) in [5.74, 6) is -0.543. The predicted octanol–water partition coefficient (Wildman–Crippen LogP) is 0.720. The van der Waals surface area contributed by atoms with E-state index in [0.717, 1.165) is 0 Å². The van der Waals surface area contributed by atoms with Gasteiger partial charge < -0.3 is 9.45 Å². The van der Waals surface area contributed by atoms with Crippen LogP contribution in [0.3, 0.4) is 0 Å². The molecule has 0 unspecified atom stereocenters. The summed E-state index contributed by atoms with van der Waals surface area (Å²) >= 11 is 0. The van der Waals surface area contributed by atoms with E-state index in [-0.39, 0.29) is 31.0 Å². The average molecular weight is 170 g/mol. The molecule has 0 aliphatic rings. The third-order valence-corrected chi connectivity index (χ3v) is 1.47. The van der Waals surface area contributed by atoms with Crippen molar-refractivity contribution in [3.63, 3.8) is 0 Å². The summed E-state index contributed by atoms with van der Waals surface area (Å²) in [6.45, 7) is 7.04. The molecule has 0 rings (SSSR count). The zero-order valence-corrected chi connectivity index (χ0v) is 8.09. The highest BCUT2D eigenvalue weighted by atomic mass is 16.5. The summed E-state index contributed by atoms with van der Waals surface area (Å²) in [7, 11) is -0.0886. The maximum atomic E-state index is 11.0. The fraction of sp³-hybridized carbons (Fsp3) is 0.750. The minimum absolute atomic E-state index is 0.0380. The van der Waals surface area contributed by atoms with E-state index < -0.39 is 0 Å². The lowest BCUT2D eigenvalue weighted by molar-refractivity contribution is -0.138. The summed E-state index contributed by atoms with van der Waals surface area (Å²) in [6, 6.07) is 0. The molecule has 4 heteroatoms. The second kappa shape index (κ2) is 4.96. The van der Waals surface area contributed by atoms with Crippen molar-refractivity contribution in [2.45, 2.75) is 27.7 Å². The topological polar surface area (TPSA) is 43.4 Å². The van der Waals surface area contributed by atoms with Crippen molar-refractivity contribution in [2.24, 2.45) is 11.8 Å². The van der Waals surface area contributed by atoms with Crippen LogP contribution in [-0.2, 0) is 14.2 Å². The van der Waals surface area contributed by atoms with Gasteiger partial charge in [-0.25, -0.2) is 0 Å². The molecule has 0 spiro atoms. The Hall–Kier alpha value is -0.795. The van der Waals surface area contributed by atoms with Gasteiger partial charge in [0.15, 0.2) is 0 Å². The van der Waals surface area contributed by atoms with Crippen LogP contribution in [0.1, 0.15) is 27.7 Å². The maximum absolute atomic E-state index is 11.0. The monoisotopic (exact) mass is 170 g/mol. The Morgan fingerprint density at radius 3 is 1.92 bits per heavy atom. The summed E-state index contributed by atoms with van der Waals surface area (Å²) < 4.78 is 4.74. The van der Waals surface area contributed by atoms with E-state index in [1.807, 2.05) is 0 Å². The van der Waals surface area contributed by atoms with Crippen LogP contribution >= 0.6 is 0 Å². The summed E-state index contributed by atoms with van der Waals surface area (Å²) in [4.78, 5) is 21.9. The van der Waals surface area contributed by atoms with E-state index in [1.165, 1.54) is 0 Å². The van der Waals surface area contributed by atoms with E-state index >= 15 is 0 Å². The number of carbonyl (C=O) groups is 2. The molecule has 0 N–H and O–H groups in total. The molecule has 0 amide bonds. The highest BCUT2D eigenvalue weighted by molar-refractivity contribution is 6.70. The standard InChI is InChI=1S/C8H15BO3/c1-5(2)7(10)9-12-8(11)6(3)4/h5-6,9H,1-4H3. The molecule has 0 radical (unpaired) electrons. The van der Waals surface area contributed by atoms with E-state index in [2.05, 4.69) is 0 Å². The van der Waals surface area contributed by atoms with Gasteiger partial charge in [0.2, 0.25) is 0 Å². The average Bonchev–Trinajstić information content (AvgIpc) is 1.98. The minimum Gasteiger partial charge on any atom is -0.531 e. The fourth-order valence-corrected chi connectivity index (χ4v) is 0.476. The van der Waals surface area contributed by atoms with Gasteiger partial charge in [-0.05, 0) is 0 Å². The molecule has 0 heterocycles. The van der Waals surface area contributed by atoms with Crippen molar-refractivity contribution < 1.29 is 14.2 Å². The Balaban J connectivity index is 3.69. The Labute approximate surface area is 73.8 Å². The molecule has 0 saturated carbocycles. The molecule has 68 valence electrons. The fourth-order valence-electron chi connectivity index (χ4n) is 0.476. The van der Waals surface area contributed by atoms with Gasteiger partial charge in [-0.1, -0.05) is 27.7 Å². The second-order valence-corrected chi connectivity index (χ2v) is 3.38. The van der Waals surface area contributed by atoms with Crippen LogP contribution in [-0.4, -0.2) is 19.1 Å². The van der Waals surface area contributed by atoms with Gasteiger partial charge in [-0.3, -0.25) is 4.79 Å². The summed E-state index contributed by atoms with van der Waals surface area (Å²) in [6.07, 6.45) is 0. The van der Waals surface area contributed by atoms with Crippen molar-refractivity contribution in [1.82, 2.24) is 0 Å². The van der Waals surface area contributed by atoms with Crippen LogP contribution in [0.25, 0.3) is 0 Å². The molecule has 0 aromatic heterocycles. The lowest BCUT2D eigenvalue weighted by Gasteiger charge is -2.06. The normalized spacial score (nSPS) is 10.2. The third-order valence-electron chi connectivity index (χ3n) is 1.47. The molecule has 0 fully saturated rings. The van der Waals surface area contributed by atoms with Gasteiger partial charge in [-0.15, -0.1) is 0 Å². The third kappa shape index (κ3) is 4.16. The molecule has 0 bridgehead atoms. The smallest absolute Gasteiger partial charge is 0.416 e. The molecule has 0 aliphatic heterocycles. The van der Waals surface area contributed by atoms with E-state index in [9.17, 15) is 9.59 Å². The molecular formula is C8H15BO3. The second-order valence-electron chi connectivity index (χ2n) is 3.38. The Morgan fingerprint density at radius 1 is 1.08 bits per heavy atom. The zero-order valence-electron chi connectivity index (χ0n) is 8.09. The van der Waals surface area contributed by atoms with Crippen molar-refractivity contribution in [1.29, 1.82) is 0 Å². The Bertz CT molecular complexity index is 155. The van der Waals surface area contributed by atoms with Crippen molar-refractivity contribution in [2.75, 3.05) is 0 Å². The zero-order chi connectivity index (χ0) is 9.72. The molecule has 0 aromatic rings. The Kier molecular flexibility index (Phi) is 4.63. The van der Waals surface area contributed by atoms with Crippen LogP contribution in [0.5, 0.6) is 0 Å². The van der Waals surface area contributed by atoms with Gasteiger partial charge in [0, 0.05) is 11.8 Å². The molecule has 0 saturated heterocycles. The lowest BCUT2D eigenvalue weighted by Crippen LogP contribution is -2.23. The first-order valence-corrected chi connectivity index (χ1v) is 4.14. The molecule has 3 nitrogen and oxygen atoms in total. The first-order valence-electron chi connectivity index (χ1n) is 4.14. The van der Waals surface area contributed by atoms with Gasteiger partial charge in [0.1, 0.15) is 5.68 Å². The largest absolute Gasteiger partial charge is 0.531 e. The molecule has 0 atom stereocenters. The van der Waals surface area contributed by atoms with Crippen LogP contribution in [0.15, 0.2) is 0 Å². The first kappa shape index (κ1) is 11.2. The van der Waals surface area contributed by atoms with Crippen molar-refractivity contribution >= 4 is 19.1 Å². The van der Waals surface area contributed by atoms with Crippen molar-refractivity contribution in [3.05, 3.63) is 0 Å². The van der Waals surface area contributed by atoms with Crippen molar-refractivity contribution in [3.8, 4) is 0 Å². The van der Waals surface area contributed by atoms with Gasteiger partial charge in [-0.2, -0.15) is 0 Å². The van der Waals surface area contributed by atoms with Crippen LogP contribution in [0.4, 0.5) is 0 Å². The number of rotatable bonds is 4. The quantitative estimate of drug-likeness (QED) is 0.583. The molecule has 12 heavy (non-hydrogen) atoms.